The molecule has 0 aromatic heterocycles. The molecule has 0 radical (unpaired) electrons. The molecule has 1 aromatic rings. The Morgan fingerprint density at radius 1 is 1.56 bits per heavy atom. The van der Waals surface area contributed by atoms with Crippen LogP contribution in [0.15, 0.2) is 18.2 Å². The lowest BCUT2D eigenvalue weighted by Crippen LogP contribution is -2.14. The highest BCUT2D eigenvalue weighted by atomic mass is 35.5. The maximum absolute atomic E-state index is 13.5. The fourth-order valence-corrected chi connectivity index (χ4v) is 1.19. The van der Waals surface area contributed by atoms with Gasteiger partial charge in [0.2, 0.25) is 5.91 Å². The monoisotopic (exact) mass is 245 g/mol. The summed E-state index contributed by atoms with van der Waals surface area (Å²) in [5, 5.41) is 2.34. The number of amides is 1. The van der Waals surface area contributed by atoms with Crippen LogP contribution in [0.25, 0.3) is 0 Å². The molecule has 0 saturated carbocycles. The van der Waals surface area contributed by atoms with Crippen molar-refractivity contribution in [1.82, 2.24) is 0 Å². The number of hydrogen-bond donors (Lipinski definition) is 1. The summed E-state index contributed by atoms with van der Waals surface area (Å²) in [5.41, 5.74) is 0.0988. The fourth-order valence-electron chi connectivity index (χ4n) is 1.13. The van der Waals surface area contributed by atoms with Crippen LogP contribution < -0.4 is 10.1 Å². The van der Waals surface area contributed by atoms with Crippen LogP contribution >= 0.6 is 11.6 Å². The van der Waals surface area contributed by atoms with Crippen LogP contribution in [-0.2, 0) is 4.79 Å². The first-order valence-corrected chi connectivity index (χ1v) is 5.38. The molecule has 88 valence electrons. The molecule has 1 N–H and O–H groups in total. The minimum atomic E-state index is -0.545. The number of nitrogens with one attached hydrogen (secondary N) is 1. The van der Waals surface area contributed by atoms with Crippen LogP contribution in [0.2, 0.25) is 0 Å². The second-order valence-electron chi connectivity index (χ2n) is 3.49. The van der Waals surface area contributed by atoms with Gasteiger partial charge >= 0.3 is 0 Å². The Morgan fingerprint density at radius 2 is 2.25 bits per heavy atom. The van der Waals surface area contributed by atoms with E-state index < -0.39 is 11.7 Å². The molecular weight excluding hydrogens is 233 g/mol. The first-order valence-electron chi connectivity index (χ1n) is 4.85. The number of hydrogen-bond acceptors (Lipinski definition) is 2. The third kappa shape index (κ3) is 3.70. The van der Waals surface area contributed by atoms with Crippen LogP contribution in [0, 0.1) is 5.82 Å². The molecule has 0 fully saturated rings. The molecule has 0 heterocycles. The maximum Gasteiger partial charge on any atom is 0.239 e. The van der Waals surface area contributed by atoms with Crippen molar-refractivity contribution in [2.75, 3.05) is 11.2 Å². The summed E-state index contributed by atoms with van der Waals surface area (Å²) in [6.45, 7) is 3.70. The number of benzene rings is 1. The first-order chi connectivity index (χ1) is 7.52. The van der Waals surface area contributed by atoms with Crippen LogP contribution in [-0.4, -0.2) is 17.9 Å². The van der Waals surface area contributed by atoms with Crippen LogP contribution in [0.4, 0.5) is 10.1 Å². The number of anilines is 1. The van der Waals surface area contributed by atoms with Crippen molar-refractivity contribution >= 4 is 23.2 Å². The Kier molecular flexibility index (Phi) is 4.55. The van der Waals surface area contributed by atoms with E-state index in [1.807, 2.05) is 13.8 Å². The SMILES string of the molecule is CC(C)Oc1ccc(NC(=O)CCl)c(F)c1. The molecule has 16 heavy (non-hydrogen) atoms. The summed E-state index contributed by atoms with van der Waals surface area (Å²) < 4.78 is 18.8. The average Bonchev–Trinajstić information content (AvgIpc) is 2.21. The van der Waals surface area contributed by atoms with Crippen LogP contribution in [0.1, 0.15) is 13.8 Å². The Bertz CT molecular complexity index is 382. The quantitative estimate of drug-likeness (QED) is 0.829. The third-order valence-electron chi connectivity index (χ3n) is 1.71. The Morgan fingerprint density at radius 3 is 2.75 bits per heavy atom. The highest BCUT2D eigenvalue weighted by Crippen LogP contribution is 2.21. The Labute approximate surface area is 98.5 Å². The average molecular weight is 246 g/mol. The summed E-state index contributed by atoms with van der Waals surface area (Å²) in [7, 11) is 0. The number of halogens is 2. The Hall–Kier alpha value is -1.29. The highest BCUT2D eigenvalue weighted by Gasteiger charge is 2.07. The van der Waals surface area contributed by atoms with Crippen molar-refractivity contribution in [1.29, 1.82) is 0 Å². The molecule has 1 aromatic carbocycles. The van der Waals surface area contributed by atoms with Gasteiger partial charge in [0.05, 0.1) is 11.8 Å². The zero-order valence-electron chi connectivity index (χ0n) is 9.09. The van der Waals surface area contributed by atoms with Gasteiger partial charge in [-0.2, -0.15) is 0 Å². The summed E-state index contributed by atoms with van der Waals surface area (Å²) in [4.78, 5) is 11.0. The van der Waals surface area contributed by atoms with Crippen molar-refractivity contribution in [2.45, 2.75) is 20.0 Å². The summed E-state index contributed by atoms with van der Waals surface area (Å²) >= 11 is 5.30. The largest absolute Gasteiger partial charge is 0.491 e. The summed E-state index contributed by atoms with van der Waals surface area (Å²) in [6.07, 6.45) is -0.0253. The van der Waals surface area contributed by atoms with E-state index >= 15 is 0 Å². The van der Waals surface area contributed by atoms with Gasteiger partial charge < -0.3 is 10.1 Å². The molecule has 0 spiro atoms. The van der Waals surface area contributed by atoms with Gasteiger partial charge in [0.25, 0.3) is 0 Å². The molecule has 1 amide bonds. The van der Waals surface area contributed by atoms with E-state index in [2.05, 4.69) is 5.32 Å². The van der Waals surface area contributed by atoms with Gasteiger partial charge in [-0.25, -0.2) is 4.39 Å². The molecule has 5 heteroatoms. The number of ether oxygens (including phenoxy) is 1. The van der Waals surface area contributed by atoms with E-state index in [4.69, 9.17) is 16.3 Å². The van der Waals surface area contributed by atoms with Crippen LogP contribution in [0.5, 0.6) is 5.75 Å². The summed E-state index contributed by atoms with van der Waals surface area (Å²) in [6, 6.07) is 4.26. The summed E-state index contributed by atoms with van der Waals surface area (Å²) in [5.74, 6) is -0.768. The fraction of sp³-hybridized carbons (Fsp3) is 0.364. The maximum atomic E-state index is 13.5. The van der Waals surface area contributed by atoms with Gasteiger partial charge in [0.1, 0.15) is 17.4 Å². The molecule has 0 saturated heterocycles. The lowest BCUT2D eigenvalue weighted by molar-refractivity contribution is -0.113. The van der Waals surface area contributed by atoms with Crippen molar-refractivity contribution in [3.63, 3.8) is 0 Å². The lowest BCUT2D eigenvalue weighted by atomic mass is 10.3. The molecule has 3 nitrogen and oxygen atoms in total. The smallest absolute Gasteiger partial charge is 0.239 e. The second kappa shape index (κ2) is 5.70. The normalized spacial score (nSPS) is 10.3. The second-order valence-corrected chi connectivity index (χ2v) is 3.76. The van der Waals surface area contributed by atoms with Gasteiger partial charge in [0, 0.05) is 6.07 Å². The van der Waals surface area contributed by atoms with Crippen molar-refractivity contribution in [2.24, 2.45) is 0 Å². The van der Waals surface area contributed by atoms with E-state index in [0.717, 1.165) is 0 Å². The van der Waals surface area contributed by atoms with Gasteiger partial charge in [0.15, 0.2) is 0 Å². The molecule has 0 atom stereocenters. The third-order valence-corrected chi connectivity index (χ3v) is 1.95. The number of carbonyl (C=O) groups excluding carboxylic acids is 1. The zero-order chi connectivity index (χ0) is 12.1. The molecule has 1 rings (SSSR count). The predicted octanol–water partition coefficient (Wildman–Crippen LogP) is 2.79. The van der Waals surface area contributed by atoms with E-state index in [9.17, 15) is 9.18 Å². The van der Waals surface area contributed by atoms with Gasteiger partial charge in [-0.1, -0.05) is 0 Å². The minimum absolute atomic E-state index is 0.0253. The predicted molar refractivity (Wildman–Crippen MR) is 61.5 cm³/mol. The van der Waals surface area contributed by atoms with E-state index in [1.54, 1.807) is 6.07 Å². The van der Waals surface area contributed by atoms with Crippen molar-refractivity contribution in [3.8, 4) is 5.75 Å². The van der Waals surface area contributed by atoms with Crippen LogP contribution in [0.3, 0.4) is 0 Å². The molecule has 0 aliphatic heterocycles. The molecule has 0 unspecified atom stereocenters. The minimum Gasteiger partial charge on any atom is -0.491 e. The lowest BCUT2D eigenvalue weighted by Gasteiger charge is -2.11. The van der Waals surface area contributed by atoms with Crippen molar-refractivity contribution < 1.29 is 13.9 Å². The van der Waals surface area contributed by atoms with Crippen molar-refractivity contribution in [3.05, 3.63) is 24.0 Å². The molecule has 0 aliphatic rings. The van der Waals surface area contributed by atoms with Gasteiger partial charge in [-0.05, 0) is 26.0 Å². The highest BCUT2D eigenvalue weighted by molar-refractivity contribution is 6.29. The topological polar surface area (TPSA) is 38.3 Å². The standard InChI is InChI=1S/C11H13ClFNO2/c1-7(2)16-8-3-4-10(9(13)5-8)14-11(15)6-12/h3-5,7H,6H2,1-2H3,(H,14,15). The molecular formula is C11H13ClFNO2. The Balaban J connectivity index is 2.79. The van der Waals surface area contributed by atoms with E-state index in [-0.39, 0.29) is 17.7 Å². The van der Waals surface area contributed by atoms with Gasteiger partial charge in [-0.3, -0.25) is 4.79 Å². The number of rotatable bonds is 4. The molecule has 0 aliphatic carbocycles. The van der Waals surface area contributed by atoms with E-state index in [0.29, 0.717) is 5.75 Å². The number of alkyl halides is 1. The van der Waals surface area contributed by atoms with Gasteiger partial charge in [-0.15, -0.1) is 11.6 Å². The van der Waals surface area contributed by atoms with E-state index in [1.165, 1.54) is 12.1 Å². The number of carbonyl (C=O) groups is 1. The zero-order valence-corrected chi connectivity index (χ0v) is 9.84. The first kappa shape index (κ1) is 12.8. The molecule has 0 bridgehead atoms.